The van der Waals surface area contributed by atoms with Gasteiger partial charge in [-0.2, -0.15) is 0 Å². The molecule has 0 aliphatic carbocycles. The van der Waals surface area contributed by atoms with Gasteiger partial charge in [0.05, 0.1) is 19.1 Å². The van der Waals surface area contributed by atoms with Crippen molar-refractivity contribution in [3.8, 4) is 0 Å². The van der Waals surface area contributed by atoms with Crippen LogP contribution in [-0.4, -0.2) is 44.2 Å². The molecule has 0 saturated carbocycles. The second-order valence-electron chi connectivity index (χ2n) is 3.23. The Morgan fingerprint density at radius 1 is 1.67 bits per heavy atom. The predicted octanol–water partition coefficient (Wildman–Crippen LogP) is -1.02. The zero-order chi connectivity index (χ0) is 11.5. The van der Waals surface area contributed by atoms with Crippen molar-refractivity contribution in [3.05, 3.63) is 18.2 Å². The number of aromatic amines is 1. The van der Waals surface area contributed by atoms with Crippen LogP contribution in [0, 0.1) is 0 Å². The molecule has 0 radical (unpaired) electrons. The molecule has 1 unspecified atom stereocenters. The van der Waals surface area contributed by atoms with Gasteiger partial charge in [-0.05, 0) is 6.92 Å². The van der Waals surface area contributed by atoms with Gasteiger partial charge in [0.1, 0.15) is 5.69 Å². The van der Waals surface area contributed by atoms with Crippen molar-refractivity contribution >= 4 is 11.9 Å². The lowest BCUT2D eigenvalue weighted by Gasteiger charge is -2.17. The highest BCUT2D eigenvalue weighted by molar-refractivity contribution is 5.92. The molecule has 1 aromatic rings. The van der Waals surface area contributed by atoms with Gasteiger partial charge in [-0.3, -0.25) is 4.79 Å². The Balaban J connectivity index is 2.51. The van der Waals surface area contributed by atoms with Gasteiger partial charge in [0.2, 0.25) is 0 Å². The number of H-pyrrole nitrogens is 1. The molecule has 0 saturated heterocycles. The Labute approximate surface area is 85.1 Å². The van der Waals surface area contributed by atoms with E-state index in [2.05, 4.69) is 15.3 Å². The molecule has 82 valence electrons. The van der Waals surface area contributed by atoms with Crippen LogP contribution in [0.3, 0.4) is 0 Å². The first-order chi connectivity index (χ1) is 6.93. The molecule has 0 aliphatic heterocycles. The first kappa shape index (κ1) is 11.2. The Kier molecular flexibility index (Phi) is 3.05. The van der Waals surface area contributed by atoms with E-state index in [0.29, 0.717) is 0 Å². The van der Waals surface area contributed by atoms with Gasteiger partial charge in [-0.15, -0.1) is 0 Å². The fraction of sp³-hybridized carbons (Fsp3) is 0.375. The number of hydrogen-bond donors (Lipinski definition) is 4. The maximum Gasteiger partial charge on any atom is 0.337 e. The third-order valence-corrected chi connectivity index (χ3v) is 1.80. The molecule has 1 amide bonds. The molecule has 7 heteroatoms. The zero-order valence-corrected chi connectivity index (χ0v) is 8.02. The van der Waals surface area contributed by atoms with Crippen LogP contribution in [-0.2, 0) is 4.79 Å². The van der Waals surface area contributed by atoms with Crippen molar-refractivity contribution in [1.29, 1.82) is 0 Å². The molecule has 1 rings (SSSR count). The Morgan fingerprint density at radius 3 is 2.80 bits per heavy atom. The van der Waals surface area contributed by atoms with E-state index in [0.717, 1.165) is 6.92 Å². The van der Waals surface area contributed by atoms with Crippen LogP contribution in [0.1, 0.15) is 17.4 Å². The Morgan fingerprint density at radius 2 is 2.33 bits per heavy atom. The minimum Gasteiger partial charge on any atom is -0.479 e. The fourth-order valence-corrected chi connectivity index (χ4v) is 0.803. The van der Waals surface area contributed by atoms with Gasteiger partial charge >= 0.3 is 5.97 Å². The first-order valence-electron chi connectivity index (χ1n) is 4.16. The molecule has 0 fully saturated rings. The smallest absolute Gasteiger partial charge is 0.337 e. The zero-order valence-electron chi connectivity index (χ0n) is 8.02. The molecule has 0 bridgehead atoms. The molecule has 15 heavy (non-hydrogen) atoms. The normalized spacial score (nSPS) is 14.3. The molecule has 1 atom stereocenters. The molecule has 0 spiro atoms. The van der Waals surface area contributed by atoms with E-state index in [4.69, 9.17) is 5.11 Å². The quantitative estimate of drug-likeness (QED) is 0.510. The highest BCUT2D eigenvalue weighted by Crippen LogP contribution is 2.01. The van der Waals surface area contributed by atoms with Crippen LogP contribution in [0.2, 0.25) is 0 Å². The molecule has 0 aromatic carbocycles. The number of nitrogens with zero attached hydrogens (tertiary/aromatic N) is 1. The number of amides is 1. The van der Waals surface area contributed by atoms with Gasteiger partial charge in [0.25, 0.3) is 5.91 Å². The summed E-state index contributed by atoms with van der Waals surface area (Å²) in [5.74, 6) is -1.92. The third-order valence-electron chi connectivity index (χ3n) is 1.80. The summed E-state index contributed by atoms with van der Waals surface area (Å²) in [6.07, 6.45) is 2.62. The Bertz CT molecular complexity index is 358. The lowest BCUT2D eigenvalue weighted by Crippen LogP contribution is -2.46. The van der Waals surface area contributed by atoms with Crippen LogP contribution >= 0.6 is 0 Å². The third kappa shape index (κ3) is 2.78. The molecule has 1 aromatic heterocycles. The van der Waals surface area contributed by atoms with E-state index in [1.165, 1.54) is 12.5 Å². The summed E-state index contributed by atoms with van der Waals surface area (Å²) < 4.78 is 0. The number of carboxylic acids is 1. The lowest BCUT2D eigenvalue weighted by molar-refractivity contribution is -0.155. The predicted molar refractivity (Wildman–Crippen MR) is 49.2 cm³/mol. The molecule has 4 N–H and O–H groups in total. The minimum atomic E-state index is -1.98. The number of carboxylic acid groups (broad SMARTS) is 1. The van der Waals surface area contributed by atoms with E-state index in [1.54, 1.807) is 0 Å². The minimum absolute atomic E-state index is 0.205. The number of aliphatic carboxylic acids is 1. The number of nitrogens with one attached hydrogen (secondary N) is 2. The van der Waals surface area contributed by atoms with Gasteiger partial charge in [0.15, 0.2) is 5.60 Å². The molecular formula is C8H11N3O4. The van der Waals surface area contributed by atoms with Gasteiger partial charge in [-0.25, -0.2) is 9.78 Å². The molecule has 1 heterocycles. The number of carbonyl (C=O) groups is 2. The summed E-state index contributed by atoms with van der Waals surface area (Å²) in [6, 6.07) is 0. The van der Waals surface area contributed by atoms with Crippen LogP contribution < -0.4 is 5.32 Å². The maximum absolute atomic E-state index is 11.3. The lowest BCUT2D eigenvalue weighted by atomic mass is 10.1. The van der Waals surface area contributed by atoms with Gasteiger partial charge in [0, 0.05) is 0 Å². The van der Waals surface area contributed by atoms with Crippen molar-refractivity contribution in [1.82, 2.24) is 15.3 Å². The molecule has 7 nitrogen and oxygen atoms in total. The van der Waals surface area contributed by atoms with Crippen molar-refractivity contribution in [3.63, 3.8) is 0 Å². The first-order valence-corrected chi connectivity index (χ1v) is 4.16. The summed E-state index contributed by atoms with van der Waals surface area (Å²) in [5, 5.41) is 20.1. The van der Waals surface area contributed by atoms with Gasteiger partial charge in [-0.1, -0.05) is 0 Å². The summed E-state index contributed by atoms with van der Waals surface area (Å²) in [4.78, 5) is 28.0. The largest absolute Gasteiger partial charge is 0.479 e. The number of rotatable bonds is 4. The monoisotopic (exact) mass is 213 g/mol. The topological polar surface area (TPSA) is 115 Å². The average Bonchev–Trinajstić information content (AvgIpc) is 2.66. The number of aliphatic hydroxyl groups is 1. The average molecular weight is 213 g/mol. The maximum atomic E-state index is 11.3. The summed E-state index contributed by atoms with van der Waals surface area (Å²) in [6.45, 7) is 0.725. The van der Waals surface area contributed by atoms with E-state index >= 15 is 0 Å². The van der Waals surface area contributed by atoms with Crippen molar-refractivity contribution in [2.75, 3.05) is 6.54 Å². The summed E-state index contributed by atoms with van der Waals surface area (Å²) in [7, 11) is 0. The Hall–Kier alpha value is -1.89. The second-order valence-corrected chi connectivity index (χ2v) is 3.23. The SMILES string of the molecule is CC(O)(CNC(=O)c1cnc[nH]1)C(=O)O. The highest BCUT2D eigenvalue weighted by atomic mass is 16.4. The number of aromatic nitrogens is 2. The van der Waals surface area contributed by atoms with Crippen molar-refractivity contribution in [2.45, 2.75) is 12.5 Å². The van der Waals surface area contributed by atoms with Crippen LogP contribution in [0.15, 0.2) is 12.5 Å². The fourth-order valence-electron chi connectivity index (χ4n) is 0.803. The second kappa shape index (κ2) is 4.09. The van der Waals surface area contributed by atoms with E-state index in [1.807, 2.05) is 0 Å². The van der Waals surface area contributed by atoms with Crippen molar-refractivity contribution in [2.24, 2.45) is 0 Å². The summed E-state index contributed by atoms with van der Waals surface area (Å²) >= 11 is 0. The molecular weight excluding hydrogens is 202 g/mol. The van der Waals surface area contributed by atoms with E-state index < -0.39 is 17.5 Å². The number of imidazole rings is 1. The summed E-state index contributed by atoms with van der Waals surface area (Å²) in [5.41, 5.74) is -1.77. The van der Waals surface area contributed by atoms with Crippen LogP contribution in [0.4, 0.5) is 0 Å². The molecule has 0 aliphatic rings. The van der Waals surface area contributed by atoms with E-state index in [9.17, 15) is 14.7 Å². The highest BCUT2D eigenvalue weighted by Gasteiger charge is 2.30. The van der Waals surface area contributed by atoms with Crippen LogP contribution in [0.5, 0.6) is 0 Å². The number of hydrogen-bond acceptors (Lipinski definition) is 4. The van der Waals surface area contributed by atoms with Crippen molar-refractivity contribution < 1.29 is 19.8 Å². The van der Waals surface area contributed by atoms with E-state index in [-0.39, 0.29) is 12.2 Å². The van der Waals surface area contributed by atoms with Crippen LogP contribution in [0.25, 0.3) is 0 Å². The van der Waals surface area contributed by atoms with Gasteiger partial charge < -0.3 is 20.5 Å². The number of carbonyl (C=O) groups excluding carboxylic acids is 1. The standard InChI is InChI=1S/C8H11N3O4/c1-8(15,7(13)14)3-10-6(12)5-2-9-4-11-5/h2,4,15H,3H2,1H3,(H,9,11)(H,10,12)(H,13,14).